The normalized spacial score (nSPS) is 16.5. The maximum absolute atomic E-state index is 10.4. The molecule has 0 spiro atoms. The number of rotatable bonds is 25. The van der Waals surface area contributed by atoms with E-state index in [9.17, 15) is 13.0 Å². The van der Waals surface area contributed by atoms with Gasteiger partial charge in [-0.15, -0.1) is 0 Å². The average molecular weight is 668 g/mol. The van der Waals surface area contributed by atoms with Crippen LogP contribution in [0.4, 0.5) is 0 Å². The number of hydrogen-bond donors (Lipinski definition) is 0. The minimum atomic E-state index is -4.27. The van der Waals surface area contributed by atoms with Crippen LogP contribution in [-0.4, -0.2) is 52.1 Å². The fraction of sp³-hybridized carbons (Fsp3) is 0.750. The van der Waals surface area contributed by atoms with Gasteiger partial charge in [0.25, 0.3) is 0 Å². The summed E-state index contributed by atoms with van der Waals surface area (Å²) in [6, 6.07) is 5.78. The monoisotopic (exact) mass is 667 g/mol. The highest BCUT2D eigenvalue weighted by atomic mass is 32.2. The molecule has 0 N–H and O–H groups in total. The Labute approximate surface area is 278 Å². The van der Waals surface area contributed by atoms with Gasteiger partial charge < -0.3 is 18.8 Å². The topological polar surface area (TPSA) is 88.8 Å². The van der Waals surface area contributed by atoms with Crippen LogP contribution in [0.1, 0.15) is 122 Å². The third-order valence-corrected chi connectivity index (χ3v) is 9.78. The molecule has 9 heteroatoms. The van der Waals surface area contributed by atoms with E-state index in [2.05, 4.69) is 28.6 Å². The number of benzene rings is 1. The van der Waals surface area contributed by atoms with Crippen LogP contribution in [0.5, 0.6) is 0 Å². The number of nitrogens with zero attached hydrogens (tertiary/aromatic N) is 1. The first-order valence-corrected chi connectivity index (χ1v) is 19.9. The van der Waals surface area contributed by atoms with Gasteiger partial charge in [-0.25, -0.2) is 8.42 Å². The number of aryl methyl sites for hydroxylation is 2. The van der Waals surface area contributed by atoms with Crippen LogP contribution < -0.4 is 4.57 Å². The van der Waals surface area contributed by atoms with Crippen LogP contribution in [0, 0.1) is 12.8 Å². The van der Waals surface area contributed by atoms with E-state index in [4.69, 9.17) is 14.2 Å². The van der Waals surface area contributed by atoms with Crippen molar-refractivity contribution in [3.8, 4) is 0 Å². The molecule has 0 bridgehead atoms. The quantitative estimate of drug-likeness (QED) is 0.0598. The molecule has 1 aromatic carbocycles. The average Bonchev–Trinajstić information content (AvgIpc) is 3.71. The van der Waals surface area contributed by atoms with Gasteiger partial charge in [0, 0.05) is 25.6 Å². The number of aromatic nitrogens is 1. The van der Waals surface area contributed by atoms with Gasteiger partial charge in [0.1, 0.15) is 16.7 Å². The fourth-order valence-corrected chi connectivity index (χ4v) is 6.57. The molecule has 1 saturated heterocycles. The van der Waals surface area contributed by atoms with E-state index >= 15 is 0 Å². The van der Waals surface area contributed by atoms with Crippen molar-refractivity contribution >= 4 is 21.5 Å². The lowest BCUT2D eigenvalue weighted by Crippen LogP contribution is -2.29. The summed E-state index contributed by atoms with van der Waals surface area (Å²) in [6.45, 7) is 9.48. The van der Waals surface area contributed by atoms with Gasteiger partial charge >= 0.3 is 0 Å². The highest BCUT2D eigenvalue weighted by Gasteiger charge is 2.25. The second-order valence-corrected chi connectivity index (χ2v) is 14.7. The highest BCUT2D eigenvalue weighted by molar-refractivity contribution is 7.85. The Balaban J connectivity index is 0.000000537. The number of thiazole rings is 1. The molecule has 1 fully saturated rings. The molecule has 1 aliphatic rings. The van der Waals surface area contributed by atoms with Crippen molar-refractivity contribution in [1.82, 2.24) is 0 Å². The van der Waals surface area contributed by atoms with Crippen LogP contribution in [0.3, 0.4) is 0 Å². The van der Waals surface area contributed by atoms with E-state index in [0.717, 1.165) is 58.0 Å². The van der Waals surface area contributed by atoms with E-state index in [0.29, 0.717) is 5.92 Å². The summed E-state index contributed by atoms with van der Waals surface area (Å²) in [5, 5.41) is 2.13. The molecule has 258 valence electrons. The first kappa shape index (κ1) is 39.8. The lowest BCUT2D eigenvalue weighted by Gasteiger charge is -2.11. The minimum absolute atomic E-state index is 0.178. The Kier molecular flexibility index (Phi) is 22.7. The summed E-state index contributed by atoms with van der Waals surface area (Å²) in [5.74, 6) is 0.556. The molecule has 2 atom stereocenters. The molecule has 0 aliphatic carbocycles. The molecule has 2 aromatic rings. The van der Waals surface area contributed by atoms with Gasteiger partial charge in [-0.2, -0.15) is 4.57 Å². The Morgan fingerprint density at radius 3 is 1.93 bits per heavy atom. The van der Waals surface area contributed by atoms with Gasteiger partial charge in [0.15, 0.2) is 6.20 Å². The summed E-state index contributed by atoms with van der Waals surface area (Å²) < 4.78 is 51.2. The molecule has 3 rings (SSSR count). The first-order chi connectivity index (χ1) is 21.9. The molecule has 2 heterocycles. The van der Waals surface area contributed by atoms with Crippen LogP contribution in [0.2, 0.25) is 0 Å². The van der Waals surface area contributed by atoms with Crippen LogP contribution in [0.15, 0.2) is 46.2 Å². The van der Waals surface area contributed by atoms with E-state index in [-0.39, 0.29) is 11.0 Å². The standard InChI is InChI=1S/C29H54NO3S.C7H8O3S/c1-2-3-4-5-6-7-8-9-10-11-13-16-20-31-24-28-23-29(33-25-28)26-32-21-17-14-12-15-18-30-19-22-34-27-30;1-6-2-4-7(5-3-6)11(8,9)10/h19,22,27-29H,2-18,20-21,23-26H2,1H3;2-5H,1H3,(H,8,9,10)/q+1;/p-1/t28-,29-;/m1./s1. The number of hydrogen-bond acceptors (Lipinski definition) is 7. The second kappa shape index (κ2) is 25.7. The van der Waals surface area contributed by atoms with Crippen LogP contribution >= 0.6 is 11.3 Å². The fourth-order valence-electron chi connectivity index (χ4n) is 5.47. The summed E-state index contributed by atoms with van der Waals surface area (Å²) in [4.78, 5) is -0.178. The van der Waals surface area contributed by atoms with E-state index in [1.165, 1.54) is 108 Å². The third-order valence-electron chi connectivity index (χ3n) is 8.26. The van der Waals surface area contributed by atoms with Gasteiger partial charge in [-0.1, -0.05) is 113 Å². The van der Waals surface area contributed by atoms with Crippen LogP contribution in [-0.2, 0) is 30.9 Å². The summed E-state index contributed by atoms with van der Waals surface area (Å²) in [6.07, 6.45) is 25.2. The second-order valence-electron chi connectivity index (χ2n) is 12.5. The van der Waals surface area contributed by atoms with Crippen molar-refractivity contribution in [3.63, 3.8) is 0 Å². The zero-order valence-electron chi connectivity index (χ0n) is 28.2. The lowest BCUT2D eigenvalue weighted by molar-refractivity contribution is -0.692. The minimum Gasteiger partial charge on any atom is -0.744 e. The SMILES string of the molecule is CCCCCCCCCCCCCCOC[C@@H]1CO[C@@H](COCCCCCC[n+]2ccsc2)C1.Cc1ccc(S(=O)(=O)[O-])cc1. The van der Waals surface area contributed by atoms with Crippen molar-refractivity contribution in [2.24, 2.45) is 5.92 Å². The maximum atomic E-state index is 10.4. The zero-order chi connectivity index (χ0) is 32.4. The molecule has 1 aromatic heterocycles. The summed E-state index contributed by atoms with van der Waals surface area (Å²) >= 11 is 1.76. The Hall–Kier alpha value is -1.36. The highest BCUT2D eigenvalue weighted by Crippen LogP contribution is 2.20. The van der Waals surface area contributed by atoms with Gasteiger partial charge in [-0.3, -0.25) is 0 Å². The maximum Gasteiger partial charge on any atom is 0.224 e. The summed E-state index contributed by atoms with van der Waals surface area (Å²) in [7, 11) is -4.27. The molecule has 0 saturated carbocycles. The van der Waals surface area contributed by atoms with E-state index < -0.39 is 10.1 Å². The third kappa shape index (κ3) is 21.2. The predicted octanol–water partition coefficient (Wildman–Crippen LogP) is 8.63. The van der Waals surface area contributed by atoms with Crippen molar-refractivity contribution in [3.05, 3.63) is 46.9 Å². The smallest absolute Gasteiger partial charge is 0.224 e. The lowest BCUT2D eigenvalue weighted by atomic mass is 10.1. The van der Waals surface area contributed by atoms with Gasteiger partial charge in [0.2, 0.25) is 5.51 Å². The van der Waals surface area contributed by atoms with E-state index in [1.807, 2.05) is 6.92 Å². The molecule has 0 unspecified atom stereocenters. The van der Waals surface area contributed by atoms with E-state index in [1.54, 1.807) is 23.5 Å². The van der Waals surface area contributed by atoms with Gasteiger partial charge in [-0.05, 0) is 44.7 Å². The molecular weight excluding hydrogens is 607 g/mol. The summed E-state index contributed by atoms with van der Waals surface area (Å²) in [5.41, 5.74) is 3.11. The number of unbranched alkanes of at least 4 members (excludes halogenated alkanes) is 14. The predicted molar refractivity (Wildman–Crippen MR) is 183 cm³/mol. The molecular formula is C36H61NO6S2. The molecule has 45 heavy (non-hydrogen) atoms. The number of ether oxygens (including phenoxy) is 3. The van der Waals surface area contributed by atoms with Crippen molar-refractivity contribution < 1.29 is 31.7 Å². The first-order valence-electron chi connectivity index (χ1n) is 17.6. The van der Waals surface area contributed by atoms with Gasteiger partial charge in [0.05, 0.1) is 36.2 Å². The molecule has 0 radical (unpaired) electrons. The molecule has 7 nitrogen and oxygen atoms in total. The van der Waals surface area contributed by atoms with Crippen molar-refractivity contribution in [2.75, 3.05) is 33.0 Å². The van der Waals surface area contributed by atoms with Crippen LogP contribution in [0.25, 0.3) is 0 Å². The Morgan fingerprint density at radius 1 is 0.822 bits per heavy atom. The van der Waals surface area contributed by atoms with Crippen molar-refractivity contribution in [1.29, 1.82) is 0 Å². The zero-order valence-corrected chi connectivity index (χ0v) is 29.8. The largest absolute Gasteiger partial charge is 0.744 e. The molecule has 0 amide bonds. The Morgan fingerprint density at radius 2 is 1.38 bits per heavy atom. The van der Waals surface area contributed by atoms with Crippen molar-refractivity contribution in [2.45, 2.75) is 141 Å². The molecule has 1 aliphatic heterocycles. The Bertz CT molecular complexity index is 1050.